The monoisotopic (exact) mass is 615 g/mol. The molecule has 38 heavy (non-hydrogen) atoms. The van der Waals surface area contributed by atoms with Gasteiger partial charge in [-0.2, -0.15) is 13.2 Å². The molecule has 0 fully saturated rings. The van der Waals surface area contributed by atoms with E-state index < -0.39 is 51.9 Å². The maximum Gasteiger partial charge on any atom is 0.416 e. The number of alkyl halides is 3. The SMILES string of the molecule is CC[C@H](C)NC(=O)[C@@H](C)N(Cc1ccc(Cl)c(Cl)c1)C(=O)CN(c1cc(C(F)(F)F)ccc1Cl)S(C)(=O)=O. The Labute approximate surface area is 234 Å². The second-order valence-electron chi connectivity index (χ2n) is 8.70. The van der Waals surface area contributed by atoms with Crippen LogP contribution in [0.3, 0.4) is 0 Å². The van der Waals surface area contributed by atoms with Gasteiger partial charge in [0, 0.05) is 12.6 Å². The Morgan fingerprint density at radius 3 is 2.13 bits per heavy atom. The zero-order chi connectivity index (χ0) is 29.0. The summed E-state index contributed by atoms with van der Waals surface area (Å²) in [6.07, 6.45) is -3.43. The third kappa shape index (κ3) is 8.39. The van der Waals surface area contributed by atoms with Crippen LogP contribution in [-0.4, -0.2) is 50.0 Å². The molecular formula is C24H27Cl3F3N3O4S. The quantitative estimate of drug-likeness (QED) is 0.368. The lowest BCUT2D eigenvalue weighted by atomic mass is 10.1. The molecule has 2 atom stereocenters. The van der Waals surface area contributed by atoms with Crippen molar-refractivity contribution in [1.82, 2.24) is 10.2 Å². The normalized spacial score (nSPS) is 13.5. The molecule has 0 bridgehead atoms. The summed E-state index contributed by atoms with van der Waals surface area (Å²) in [6.45, 7) is 4.00. The van der Waals surface area contributed by atoms with Crippen molar-refractivity contribution < 1.29 is 31.2 Å². The van der Waals surface area contributed by atoms with Crippen molar-refractivity contribution in [3.63, 3.8) is 0 Å². The van der Waals surface area contributed by atoms with Crippen LogP contribution < -0.4 is 9.62 Å². The number of hydrogen-bond acceptors (Lipinski definition) is 4. The van der Waals surface area contributed by atoms with Gasteiger partial charge < -0.3 is 10.2 Å². The van der Waals surface area contributed by atoms with Gasteiger partial charge in [0.2, 0.25) is 21.8 Å². The number of amides is 2. The Morgan fingerprint density at radius 2 is 1.61 bits per heavy atom. The van der Waals surface area contributed by atoms with E-state index in [2.05, 4.69) is 5.32 Å². The molecule has 0 heterocycles. The number of nitrogens with zero attached hydrogens (tertiary/aromatic N) is 2. The summed E-state index contributed by atoms with van der Waals surface area (Å²) in [4.78, 5) is 27.5. The highest BCUT2D eigenvalue weighted by Gasteiger charge is 2.34. The van der Waals surface area contributed by atoms with E-state index in [9.17, 15) is 31.2 Å². The Morgan fingerprint density at radius 1 is 1.00 bits per heavy atom. The molecule has 0 saturated carbocycles. The highest BCUT2D eigenvalue weighted by Crippen LogP contribution is 2.36. The molecule has 2 rings (SSSR count). The van der Waals surface area contributed by atoms with Crippen molar-refractivity contribution in [2.75, 3.05) is 17.1 Å². The van der Waals surface area contributed by atoms with Gasteiger partial charge in [-0.15, -0.1) is 0 Å². The summed E-state index contributed by atoms with van der Waals surface area (Å²) in [7, 11) is -4.29. The first-order valence-electron chi connectivity index (χ1n) is 11.3. The van der Waals surface area contributed by atoms with E-state index in [-0.39, 0.29) is 27.7 Å². The third-order valence-electron chi connectivity index (χ3n) is 5.73. The van der Waals surface area contributed by atoms with Crippen molar-refractivity contribution in [2.45, 2.75) is 52.0 Å². The number of benzene rings is 2. The molecule has 0 radical (unpaired) electrons. The number of nitrogens with one attached hydrogen (secondary N) is 1. The van der Waals surface area contributed by atoms with E-state index in [1.165, 1.54) is 19.1 Å². The van der Waals surface area contributed by atoms with Crippen LogP contribution >= 0.6 is 34.8 Å². The van der Waals surface area contributed by atoms with Gasteiger partial charge in [-0.3, -0.25) is 13.9 Å². The molecule has 2 aromatic carbocycles. The first-order chi connectivity index (χ1) is 17.4. The number of rotatable bonds is 10. The van der Waals surface area contributed by atoms with E-state index in [1.54, 1.807) is 13.0 Å². The van der Waals surface area contributed by atoms with Gasteiger partial charge in [-0.1, -0.05) is 47.8 Å². The maximum atomic E-state index is 13.5. The first-order valence-corrected chi connectivity index (χ1v) is 14.3. The minimum Gasteiger partial charge on any atom is -0.352 e. The molecule has 0 unspecified atom stereocenters. The van der Waals surface area contributed by atoms with E-state index >= 15 is 0 Å². The molecule has 210 valence electrons. The van der Waals surface area contributed by atoms with E-state index in [0.717, 1.165) is 17.2 Å². The van der Waals surface area contributed by atoms with Crippen molar-refractivity contribution in [2.24, 2.45) is 0 Å². The summed E-state index contributed by atoms with van der Waals surface area (Å²) in [5.41, 5.74) is -1.19. The lowest BCUT2D eigenvalue weighted by Gasteiger charge is -2.32. The molecule has 7 nitrogen and oxygen atoms in total. The van der Waals surface area contributed by atoms with Gasteiger partial charge in [0.25, 0.3) is 0 Å². The van der Waals surface area contributed by atoms with Crippen LogP contribution in [0, 0.1) is 0 Å². The Bertz CT molecular complexity index is 1290. The van der Waals surface area contributed by atoms with E-state index in [4.69, 9.17) is 34.8 Å². The zero-order valence-corrected chi connectivity index (χ0v) is 24.0. The maximum absolute atomic E-state index is 13.5. The molecular weight excluding hydrogens is 590 g/mol. The smallest absolute Gasteiger partial charge is 0.352 e. The lowest BCUT2D eigenvalue weighted by molar-refractivity contribution is -0.139. The molecule has 2 aromatic rings. The second kappa shape index (κ2) is 12.8. The fraction of sp³-hybridized carbons (Fsp3) is 0.417. The minimum atomic E-state index is -4.78. The molecule has 0 spiro atoms. The molecule has 0 aromatic heterocycles. The van der Waals surface area contributed by atoms with Crippen LogP contribution in [0.4, 0.5) is 18.9 Å². The van der Waals surface area contributed by atoms with Gasteiger partial charge >= 0.3 is 6.18 Å². The predicted molar refractivity (Wildman–Crippen MR) is 143 cm³/mol. The average molecular weight is 617 g/mol. The van der Waals surface area contributed by atoms with Crippen molar-refractivity contribution in [1.29, 1.82) is 0 Å². The van der Waals surface area contributed by atoms with Crippen LogP contribution in [0.25, 0.3) is 0 Å². The zero-order valence-electron chi connectivity index (χ0n) is 20.9. The first kappa shape index (κ1) is 32.0. The molecule has 0 aliphatic heterocycles. The van der Waals surface area contributed by atoms with Crippen LogP contribution in [0.1, 0.15) is 38.3 Å². The molecule has 1 N–H and O–H groups in total. The standard InChI is InChI=1S/C24H27Cl3F3N3O4S/c1-5-14(2)31-23(35)15(3)32(12-16-6-8-18(25)20(27)10-16)22(34)13-33(38(4,36)37)21-11-17(24(28,29)30)7-9-19(21)26/h6-11,14-15H,5,12-13H2,1-4H3,(H,31,35)/t14-,15+/m0/s1. The highest BCUT2D eigenvalue weighted by molar-refractivity contribution is 7.92. The van der Waals surface area contributed by atoms with Gasteiger partial charge in [0.1, 0.15) is 12.6 Å². The highest BCUT2D eigenvalue weighted by atomic mass is 35.5. The van der Waals surface area contributed by atoms with Crippen molar-refractivity contribution >= 4 is 62.3 Å². The van der Waals surface area contributed by atoms with E-state index in [1.807, 2.05) is 6.92 Å². The number of sulfonamides is 1. The molecule has 0 aliphatic rings. The molecule has 14 heteroatoms. The topological polar surface area (TPSA) is 86.8 Å². The summed E-state index contributed by atoms with van der Waals surface area (Å²) in [6, 6.07) is 5.43. The van der Waals surface area contributed by atoms with Crippen molar-refractivity contribution in [3.8, 4) is 0 Å². The van der Waals surface area contributed by atoms with Gasteiger partial charge in [0.15, 0.2) is 0 Å². The Kier molecular flexibility index (Phi) is 10.7. The Balaban J connectivity index is 2.52. The average Bonchev–Trinajstić information content (AvgIpc) is 2.81. The Hall–Kier alpha value is -2.21. The minimum absolute atomic E-state index is 0.168. The van der Waals surface area contributed by atoms with Crippen LogP contribution in [0.5, 0.6) is 0 Å². The van der Waals surface area contributed by atoms with Crippen LogP contribution in [0.2, 0.25) is 15.1 Å². The van der Waals surface area contributed by atoms with Gasteiger partial charge in [-0.05, 0) is 56.2 Å². The molecule has 0 aliphatic carbocycles. The fourth-order valence-electron chi connectivity index (χ4n) is 3.36. The molecule has 0 saturated heterocycles. The third-order valence-corrected chi connectivity index (χ3v) is 7.91. The van der Waals surface area contributed by atoms with Crippen molar-refractivity contribution in [3.05, 3.63) is 62.6 Å². The second-order valence-corrected chi connectivity index (χ2v) is 11.8. The number of hydrogen-bond donors (Lipinski definition) is 1. The number of carbonyl (C=O) groups is 2. The van der Waals surface area contributed by atoms with Gasteiger partial charge in [0.05, 0.1) is 32.6 Å². The predicted octanol–water partition coefficient (Wildman–Crippen LogP) is 5.76. The summed E-state index contributed by atoms with van der Waals surface area (Å²) < 4.78 is 65.7. The summed E-state index contributed by atoms with van der Waals surface area (Å²) in [5, 5.41) is 2.91. The lowest BCUT2D eigenvalue weighted by Crippen LogP contribution is -2.52. The largest absolute Gasteiger partial charge is 0.416 e. The molecule has 2 amide bonds. The van der Waals surface area contributed by atoms with Gasteiger partial charge in [-0.25, -0.2) is 8.42 Å². The van der Waals surface area contributed by atoms with Crippen LogP contribution in [0.15, 0.2) is 36.4 Å². The fourth-order valence-corrected chi connectivity index (χ4v) is 4.80. The van der Waals surface area contributed by atoms with E-state index in [0.29, 0.717) is 28.4 Å². The number of halogens is 6. The number of anilines is 1. The summed E-state index contributed by atoms with van der Waals surface area (Å²) in [5.74, 6) is -1.36. The number of carbonyl (C=O) groups excluding carboxylic acids is 2. The van der Waals surface area contributed by atoms with Crippen LogP contribution in [-0.2, 0) is 32.3 Å². The summed E-state index contributed by atoms with van der Waals surface area (Å²) >= 11 is 18.1.